The molecule has 0 saturated carbocycles. The molecule has 0 radical (unpaired) electrons. The van der Waals surface area contributed by atoms with E-state index in [1.54, 1.807) is 72.8 Å². The molecule has 2 fully saturated rings. The Hall–Kier alpha value is -4.74. The maximum Gasteiger partial charge on any atom is 0.343 e. The smallest absolute Gasteiger partial charge is 0.343 e. The zero-order valence-corrected chi connectivity index (χ0v) is 29.8. The lowest BCUT2D eigenvalue weighted by Crippen LogP contribution is -2.15. The third-order valence-electron chi connectivity index (χ3n) is 8.64. The standard InChI is InChI=1S/C42H46O10/c1-41(29-49-41)27-45-23-3-5-25-47-35-15-11-33(12-16-35)39(43)51-37-19-7-31(8-20-37)32-9-21-38(22-10-32)52-40(44)34-13-17-36(18-14-34)48-26-6-4-24-46-28-42(2)30-50-42/h7-22H,3-6,23-30H2,1-2H3. The van der Waals surface area contributed by atoms with Crippen LogP contribution in [-0.4, -0.2) is 76.0 Å². The molecule has 2 aliphatic heterocycles. The average molecular weight is 711 g/mol. The number of ether oxygens (including phenoxy) is 8. The fourth-order valence-electron chi connectivity index (χ4n) is 5.12. The molecule has 2 saturated heterocycles. The molecule has 2 unspecified atom stereocenters. The molecule has 10 heteroatoms. The van der Waals surface area contributed by atoms with Crippen LogP contribution in [0.25, 0.3) is 11.1 Å². The van der Waals surface area contributed by atoms with E-state index in [0.717, 1.165) is 50.0 Å². The maximum atomic E-state index is 12.7. The molecule has 4 aromatic rings. The van der Waals surface area contributed by atoms with Crippen LogP contribution in [0.2, 0.25) is 0 Å². The van der Waals surface area contributed by atoms with E-state index >= 15 is 0 Å². The van der Waals surface area contributed by atoms with Crippen molar-refractivity contribution in [3.63, 3.8) is 0 Å². The summed E-state index contributed by atoms with van der Waals surface area (Å²) in [6.07, 6.45) is 3.55. The van der Waals surface area contributed by atoms with E-state index in [-0.39, 0.29) is 11.2 Å². The zero-order valence-electron chi connectivity index (χ0n) is 29.8. The maximum absolute atomic E-state index is 12.7. The highest BCUT2D eigenvalue weighted by molar-refractivity contribution is 5.92. The summed E-state index contributed by atoms with van der Waals surface area (Å²) in [5.41, 5.74) is 2.54. The second-order valence-electron chi connectivity index (χ2n) is 13.6. The third kappa shape index (κ3) is 11.6. The number of rotatable bonds is 21. The predicted octanol–water partition coefficient (Wildman–Crippen LogP) is 7.72. The lowest BCUT2D eigenvalue weighted by molar-refractivity contribution is 0.0725. The summed E-state index contributed by atoms with van der Waals surface area (Å²) in [6, 6.07) is 28.3. The predicted molar refractivity (Wildman–Crippen MR) is 194 cm³/mol. The van der Waals surface area contributed by atoms with Crippen LogP contribution < -0.4 is 18.9 Å². The van der Waals surface area contributed by atoms with Gasteiger partial charge in [0.05, 0.1) is 50.8 Å². The summed E-state index contributed by atoms with van der Waals surface area (Å²) < 4.78 is 44.6. The number of carbonyl (C=O) groups excluding carboxylic acids is 2. The molecule has 4 aromatic carbocycles. The van der Waals surface area contributed by atoms with Gasteiger partial charge in [-0.25, -0.2) is 9.59 Å². The molecule has 2 heterocycles. The van der Waals surface area contributed by atoms with Crippen molar-refractivity contribution in [3.8, 4) is 34.1 Å². The number of hydrogen-bond donors (Lipinski definition) is 0. The van der Waals surface area contributed by atoms with E-state index < -0.39 is 11.9 Å². The van der Waals surface area contributed by atoms with E-state index in [1.807, 2.05) is 38.1 Å². The first-order chi connectivity index (χ1) is 25.3. The molecule has 0 N–H and O–H groups in total. The lowest BCUT2D eigenvalue weighted by Gasteiger charge is -2.10. The number of esters is 2. The van der Waals surface area contributed by atoms with E-state index in [1.165, 1.54) is 0 Å². The average Bonchev–Trinajstić information content (AvgIpc) is 4.09. The van der Waals surface area contributed by atoms with Crippen LogP contribution in [0.5, 0.6) is 23.0 Å². The van der Waals surface area contributed by atoms with Gasteiger partial charge in [-0.1, -0.05) is 24.3 Å². The molecule has 0 aromatic heterocycles. The van der Waals surface area contributed by atoms with Gasteiger partial charge in [0.15, 0.2) is 0 Å². The molecule has 0 amide bonds. The van der Waals surface area contributed by atoms with Crippen LogP contribution in [0.1, 0.15) is 60.2 Å². The molecule has 0 aliphatic carbocycles. The van der Waals surface area contributed by atoms with Gasteiger partial charge in [-0.15, -0.1) is 0 Å². The van der Waals surface area contributed by atoms with Crippen LogP contribution >= 0.6 is 0 Å². The van der Waals surface area contributed by atoms with Crippen molar-refractivity contribution < 1.29 is 47.5 Å². The van der Waals surface area contributed by atoms with E-state index in [2.05, 4.69) is 0 Å². The Balaban J connectivity index is 0.876. The Morgan fingerprint density at radius 2 is 0.827 bits per heavy atom. The van der Waals surface area contributed by atoms with E-state index in [0.29, 0.717) is 73.8 Å². The molecule has 2 atom stereocenters. The summed E-state index contributed by atoms with van der Waals surface area (Å²) >= 11 is 0. The number of hydrogen-bond acceptors (Lipinski definition) is 10. The first kappa shape index (κ1) is 37.0. The lowest BCUT2D eigenvalue weighted by atomic mass is 10.1. The first-order valence-corrected chi connectivity index (χ1v) is 17.8. The molecular formula is C42H46O10. The van der Waals surface area contributed by atoms with Crippen molar-refractivity contribution in [2.24, 2.45) is 0 Å². The van der Waals surface area contributed by atoms with Gasteiger partial charge in [-0.2, -0.15) is 0 Å². The largest absolute Gasteiger partial charge is 0.494 e. The highest BCUT2D eigenvalue weighted by atomic mass is 16.6. The molecule has 2 aliphatic rings. The summed E-state index contributed by atoms with van der Waals surface area (Å²) in [7, 11) is 0. The van der Waals surface area contributed by atoms with Gasteiger partial charge in [0, 0.05) is 13.2 Å². The number of epoxide rings is 2. The Morgan fingerprint density at radius 1 is 0.500 bits per heavy atom. The Labute approximate surface area is 304 Å². The van der Waals surface area contributed by atoms with Gasteiger partial charge in [0.1, 0.15) is 34.2 Å². The monoisotopic (exact) mass is 710 g/mol. The third-order valence-corrected chi connectivity index (χ3v) is 8.64. The van der Waals surface area contributed by atoms with Crippen molar-refractivity contribution in [1.82, 2.24) is 0 Å². The Kier molecular flexibility index (Phi) is 12.6. The SMILES string of the molecule is CC1(COCCCCOc2ccc(C(=O)Oc3ccc(-c4ccc(OC(=O)c5ccc(OCCCCOCC6(C)CO6)cc5)cc4)cc3)cc2)CO1. The van der Waals surface area contributed by atoms with Crippen molar-refractivity contribution >= 4 is 11.9 Å². The van der Waals surface area contributed by atoms with E-state index in [9.17, 15) is 9.59 Å². The molecule has 274 valence electrons. The Morgan fingerprint density at radius 3 is 1.17 bits per heavy atom. The van der Waals surface area contributed by atoms with E-state index in [4.69, 9.17) is 37.9 Å². The first-order valence-electron chi connectivity index (χ1n) is 17.8. The number of unbranched alkanes of at least 4 members (excludes halogenated alkanes) is 2. The highest BCUT2D eigenvalue weighted by Crippen LogP contribution is 2.28. The quantitative estimate of drug-likeness (QED) is 0.0369. The summed E-state index contributed by atoms with van der Waals surface area (Å²) in [5, 5.41) is 0. The van der Waals surface area contributed by atoms with Crippen molar-refractivity contribution in [2.75, 3.05) is 52.9 Å². The second kappa shape index (κ2) is 17.7. The van der Waals surface area contributed by atoms with Crippen molar-refractivity contribution in [3.05, 3.63) is 108 Å². The minimum absolute atomic E-state index is 0.0778. The Bertz CT molecular complexity index is 1600. The molecular weight excluding hydrogens is 664 g/mol. The second-order valence-corrected chi connectivity index (χ2v) is 13.6. The fraction of sp³-hybridized carbons (Fsp3) is 0.381. The molecule has 10 nitrogen and oxygen atoms in total. The van der Waals surface area contributed by atoms with Crippen LogP contribution in [-0.2, 0) is 18.9 Å². The minimum atomic E-state index is -0.454. The molecule has 6 rings (SSSR count). The highest BCUT2D eigenvalue weighted by Gasteiger charge is 2.40. The molecule has 0 spiro atoms. The summed E-state index contributed by atoms with van der Waals surface area (Å²) in [5.74, 6) is 1.34. The number of carbonyl (C=O) groups is 2. The minimum Gasteiger partial charge on any atom is -0.494 e. The summed E-state index contributed by atoms with van der Waals surface area (Å²) in [6.45, 7) is 9.40. The van der Waals surface area contributed by atoms with Crippen LogP contribution in [0.3, 0.4) is 0 Å². The van der Waals surface area contributed by atoms with Gasteiger partial charge in [0.25, 0.3) is 0 Å². The normalized spacial score (nSPS) is 18.7. The fourth-order valence-corrected chi connectivity index (χ4v) is 5.12. The van der Waals surface area contributed by atoms with Crippen LogP contribution in [0, 0.1) is 0 Å². The van der Waals surface area contributed by atoms with Gasteiger partial charge >= 0.3 is 11.9 Å². The van der Waals surface area contributed by atoms with Crippen molar-refractivity contribution in [1.29, 1.82) is 0 Å². The van der Waals surface area contributed by atoms with Gasteiger partial charge in [0.2, 0.25) is 0 Å². The number of benzene rings is 4. The van der Waals surface area contributed by atoms with Gasteiger partial charge < -0.3 is 37.9 Å². The van der Waals surface area contributed by atoms with Crippen LogP contribution in [0.4, 0.5) is 0 Å². The zero-order chi connectivity index (χ0) is 36.2. The topological polar surface area (TPSA) is 115 Å². The van der Waals surface area contributed by atoms with Gasteiger partial charge in [-0.3, -0.25) is 0 Å². The van der Waals surface area contributed by atoms with Gasteiger partial charge in [-0.05, 0) is 123 Å². The molecule has 0 bridgehead atoms. The van der Waals surface area contributed by atoms with Crippen molar-refractivity contribution in [2.45, 2.75) is 50.7 Å². The molecule has 52 heavy (non-hydrogen) atoms. The van der Waals surface area contributed by atoms with Crippen LogP contribution in [0.15, 0.2) is 97.1 Å². The summed E-state index contributed by atoms with van der Waals surface area (Å²) in [4.78, 5) is 25.5.